The average molecular weight is 401 g/mol. The summed E-state index contributed by atoms with van der Waals surface area (Å²) in [4.78, 5) is 21.2. The fourth-order valence-corrected chi connectivity index (χ4v) is 3.20. The van der Waals surface area contributed by atoms with Crippen LogP contribution in [0, 0.1) is 6.92 Å². The fraction of sp³-hybridized carbons (Fsp3) is 0.208. The molecule has 0 aliphatic rings. The van der Waals surface area contributed by atoms with Crippen LogP contribution in [0.25, 0.3) is 5.65 Å². The number of imidazole rings is 1. The quantitative estimate of drug-likeness (QED) is 0.323. The highest BCUT2D eigenvalue weighted by Crippen LogP contribution is 2.21. The summed E-state index contributed by atoms with van der Waals surface area (Å²) in [5, 5.41) is 0. The minimum atomic E-state index is -0.387. The van der Waals surface area contributed by atoms with E-state index in [2.05, 4.69) is 9.97 Å². The highest BCUT2D eigenvalue weighted by Gasteiger charge is 2.14. The number of aryl methyl sites for hydroxylation is 2. The van der Waals surface area contributed by atoms with Crippen LogP contribution in [-0.4, -0.2) is 26.9 Å². The molecule has 0 aliphatic carbocycles. The van der Waals surface area contributed by atoms with Gasteiger partial charge in [-0.05, 0) is 55.2 Å². The summed E-state index contributed by atoms with van der Waals surface area (Å²) in [5.74, 6) is 0.102. The minimum absolute atomic E-state index is 0.270. The molecule has 1 aromatic carbocycles. The lowest BCUT2D eigenvalue weighted by Crippen LogP contribution is -2.09. The molecule has 0 saturated carbocycles. The Bertz CT molecular complexity index is 1140. The van der Waals surface area contributed by atoms with Crippen molar-refractivity contribution < 1.29 is 14.3 Å². The van der Waals surface area contributed by atoms with Crippen molar-refractivity contribution in [1.29, 1.82) is 0 Å². The number of benzene rings is 1. The van der Waals surface area contributed by atoms with Gasteiger partial charge in [0.15, 0.2) is 0 Å². The predicted molar refractivity (Wildman–Crippen MR) is 114 cm³/mol. The van der Waals surface area contributed by atoms with E-state index in [1.165, 1.54) is 0 Å². The zero-order valence-electron chi connectivity index (χ0n) is 16.8. The first-order valence-electron chi connectivity index (χ1n) is 9.91. The number of ether oxygens (including phenoxy) is 2. The Morgan fingerprint density at radius 3 is 2.83 bits per heavy atom. The summed E-state index contributed by atoms with van der Waals surface area (Å²) in [7, 11) is 0. The average Bonchev–Trinajstić information content (AvgIpc) is 3.18. The van der Waals surface area contributed by atoms with Crippen molar-refractivity contribution in [3.63, 3.8) is 0 Å². The summed E-state index contributed by atoms with van der Waals surface area (Å²) in [6.07, 6.45) is 9.07. The maximum atomic E-state index is 12.5. The van der Waals surface area contributed by atoms with Gasteiger partial charge in [-0.25, -0.2) is 9.78 Å². The van der Waals surface area contributed by atoms with Crippen molar-refractivity contribution >= 4 is 11.6 Å². The Balaban J connectivity index is 1.34. The Morgan fingerprint density at radius 1 is 1.07 bits per heavy atom. The number of pyridine rings is 2. The van der Waals surface area contributed by atoms with Crippen LogP contribution in [0.3, 0.4) is 0 Å². The molecule has 3 heterocycles. The van der Waals surface area contributed by atoms with Gasteiger partial charge in [-0.1, -0.05) is 24.3 Å². The normalized spacial score (nSPS) is 10.8. The molecule has 6 heteroatoms. The predicted octanol–water partition coefficient (Wildman–Crippen LogP) is 4.41. The number of carbonyl (C=O) groups excluding carboxylic acids is 1. The monoisotopic (exact) mass is 401 g/mol. The number of rotatable bonds is 8. The van der Waals surface area contributed by atoms with Crippen molar-refractivity contribution in [2.45, 2.75) is 26.4 Å². The van der Waals surface area contributed by atoms with Crippen LogP contribution in [0.5, 0.6) is 5.75 Å². The lowest BCUT2D eigenvalue weighted by Gasteiger charge is -2.10. The number of carbonyl (C=O) groups is 1. The third-order valence-electron chi connectivity index (χ3n) is 4.70. The zero-order chi connectivity index (χ0) is 20.8. The summed E-state index contributed by atoms with van der Waals surface area (Å²) in [6, 6.07) is 15.0. The van der Waals surface area contributed by atoms with Gasteiger partial charge in [-0.15, -0.1) is 0 Å². The number of fused-ring (bicyclic) bond motifs is 1. The molecule has 0 amide bonds. The number of aromatic nitrogens is 3. The van der Waals surface area contributed by atoms with E-state index in [-0.39, 0.29) is 12.6 Å². The second-order valence-corrected chi connectivity index (χ2v) is 7.09. The molecule has 0 fully saturated rings. The highest BCUT2D eigenvalue weighted by molar-refractivity contribution is 5.92. The SMILES string of the molecule is Cc1ccc2nc(COc3ccccc3C(=O)OCCCc3cccnc3)cn2c1. The second-order valence-electron chi connectivity index (χ2n) is 7.09. The molecular weight excluding hydrogens is 378 g/mol. The van der Waals surface area contributed by atoms with E-state index in [9.17, 15) is 4.79 Å². The molecule has 4 aromatic rings. The highest BCUT2D eigenvalue weighted by atomic mass is 16.5. The number of para-hydroxylation sites is 1. The molecule has 3 aromatic heterocycles. The van der Waals surface area contributed by atoms with Crippen LogP contribution < -0.4 is 4.74 Å². The van der Waals surface area contributed by atoms with E-state index in [1.54, 1.807) is 24.4 Å². The summed E-state index contributed by atoms with van der Waals surface area (Å²) >= 11 is 0. The van der Waals surface area contributed by atoms with Crippen LogP contribution >= 0.6 is 0 Å². The molecule has 152 valence electrons. The van der Waals surface area contributed by atoms with Gasteiger partial charge in [0.05, 0.1) is 12.3 Å². The number of hydrogen-bond donors (Lipinski definition) is 0. The van der Waals surface area contributed by atoms with Gasteiger partial charge in [0.25, 0.3) is 0 Å². The molecule has 6 nitrogen and oxygen atoms in total. The topological polar surface area (TPSA) is 65.7 Å². The van der Waals surface area contributed by atoms with Crippen molar-refractivity contribution in [2.75, 3.05) is 6.61 Å². The number of nitrogens with zero attached hydrogens (tertiary/aromatic N) is 3. The standard InChI is InChI=1S/C24H23N3O3/c1-18-10-11-23-26-20(16-27(23)15-18)17-30-22-9-3-2-8-21(22)24(28)29-13-5-7-19-6-4-12-25-14-19/h2-4,6,8-12,14-16H,5,7,13,17H2,1H3. The molecule has 0 bridgehead atoms. The maximum absolute atomic E-state index is 12.5. The first kappa shape index (κ1) is 19.6. The second kappa shape index (κ2) is 9.22. The lowest BCUT2D eigenvalue weighted by atomic mass is 10.2. The van der Waals surface area contributed by atoms with Crippen molar-refractivity contribution in [3.8, 4) is 5.75 Å². The van der Waals surface area contributed by atoms with E-state index in [4.69, 9.17) is 9.47 Å². The third kappa shape index (κ3) is 4.84. The van der Waals surface area contributed by atoms with Gasteiger partial charge in [-0.3, -0.25) is 4.98 Å². The van der Waals surface area contributed by atoms with E-state index in [0.717, 1.165) is 35.3 Å². The third-order valence-corrected chi connectivity index (χ3v) is 4.70. The van der Waals surface area contributed by atoms with Gasteiger partial charge in [-0.2, -0.15) is 0 Å². The van der Waals surface area contributed by atoms with Crippen LogP contribution in [-0.2, 0) is 17.8 Å². The van der Waals surface area contributed by atoms with Gasteiger partial charge in [0.1, 0.15) is 23.6 Å². The molecule has 0 radical (unpaired) electrons. The van der Waals surface area contributed by atoms with Gasteiger partial charge in [0.2, 0.25) is 0 Å². The van der Waals surface area contributed by atoms with E-state index in [1.807, 2.05) is 60.2 Å². The van der Waals surface area contributed by atoms with Gasteiger partial charge >= 0.3 is 5.97 Å². The molecule has 0 atom stereocenters. The largest absolute Gasteiger partial charge is 0.486 e. The summed E-state index contributed by atoms with van der Waals surface area (Å²) in [6.45, 7) is 2.65. The van der Waals surface area contributed by atoms with Gasteiger partial charge in [0, 0.05) is 24.8 Å². The molecule has 0 aliphatic heterocycles. The Kier molecular flexibility index (Phi) is 6.03. The number of hydrogen-bond acceptors (Lipinski definition) is 5. The van der Waals surface area contributed by atoms with Crippen molar-refractivity contribution in [3.05, 3.63) is 95.7 Å². The number of esters is 1. The Morgan fingerprint density at radius 2 is 1.97 bits per heavy atom. The van der Waals surface area contributed by atoms with Crippen LogP contribution in [0.15, 0.2) is 73.3 Å². The molecule has 30 heavy (non-hydrogen) atoms. The van der Waals surface area contributed by atoms with Gasteiger partial charge < -0.3 is 13.9 Å². The van der Waals surface area contributed by atoms with Crippen LogP contribution in [0.4, 0.5) is 0 Å². The minimum Gasteiger partial charge on any atom is -0.486 e. The summed E-state index contributed by atoms with van der Waals surface area (Å²) < 4.78 is 13.3. The van der Waals surface area contributed by atoms with Crippen LogP contribution in [0.1, 0.15) is 33.6 Å². The van der Waals surface area contributed by atoms with E-state index >= 15 is 0 Å². The van der Waals surface area contributed by atoms with E-state index < -0.39 is 0 Å². The molecule has 0 unspecified atom stereocenters. The molecule has 0 N–H and O–H groups in total. The Hall–Kier alpha value is -3.67. The molecule has 0 spiro atoms. The summed E-state index contributed by atoms with van der Waals surface area (Å²) in [5.41, 5.74) is 4.35. The molecule has 4 rings (SSSR count). The first-order valence-corrected chi connectivity index (χ1v) is 9.91. The Labute approximate surface area is 175 Å². The maximum Gasteiger partial charge on any atom is 0.341 e. The fourth-order valence-electron chi connectivity index (χ4n) is 3.20. The van der Waals surface area contributed by atoms with E-state index in [0.29, 0.717) is 17.9 Å². The van der Waals surface area contributed by atoms with Crippen molar-refractivity contribution in [1.82, 2.24) is 14.4 Å². The zero-order valence-corrected chi connectivity index (χ0v) is 16.8. The lowest BCUT2D eigenvalue weighted by molar-refractivity contribution is 0.0495. The van der Waals surface area contributed by atoms with Crippen molar-refractivity contribution in [2.24, 2.45) is 0 Å². The first-order chi connectivity index (χ1) is 14.7. The molecular formula is C24H23N3O3. The molecule has 0 saturated heterocycles. The van der Waals surface area contributed by atoms with Crippen LogP contribution in [0.2, 0.25) is 0 Å². The smallest absolute Gasteiger partial charge is 0.341 e.